The number of aromatic nitrogens is 7. The maximum absolute atomic E-state index is 15.9. The fourth-order valence-electron chi connectivity index (χ4n) is 5.37. The molecule has 3 saturated heterocycles. The molecule has 0 radical (unpaired) electrons. The first-order valence-corrected chi connectivity index (χ1v) is 16.5. The molecule has 0 spiro atoms. The molecule has 2 bridgehead atoms. The molecule has 0 saturated carbocycles. The lowest BCUT2D eigenvalue weighted by Crippen LogP contribution is -2.36. The van der Waals surface area contributed by atoms with Gasteiger partial charge in [0.15, 0.2) is 41.9 Å². The molecule has 0 amide bonds. The highest BCUT2D eigenvalue weighted by Crippen LogP contribution is 2.52. The maximum atomic E-state index is 15.9. The molecule has 4 aromatic rings. The van der Waals surface area contributed by atoms with E-state index in [9.17, 15) is 18.9 Å². The van der Waals surface area contributed by atoms with Gasteiger partial charge in [-0.25, -0.2) is 38.3 Å². The zero-order chi connectivity index (χ0) is 31.7. The number of nitrogens with two attached hydrogens (primary N) is 2. The van der Waals surface area contributed by atoms with E-state index in [0.29, 0.717) is 0 Å². The van der Waals surface area contributed by atoms with Crippen LogP contribution in [0.2, 0.25) is 0 Å². The minimum atomic E-state index is -5.14. The lowest BCUT2D eigenvalue weighted by Gasteiger charge is -2.25. The van der Waals surface area contributed by atoms with Crippen LogP contribution < -0.4 is 11.5 Å². The number of hydrogen-bond acceptors (Lipinski definition) is 15. The largest absolute Gasteiger partial charge is 0.472 e. The smallest absolute Gasteiger partial charge is 0.397 e. The molecule has 3 fully saturated rings. The van der Waals surface area contributed by atoms with Gasteiger partial charge in [0.2, 0.25) is 0 Å². The zero-order valence-corrected chi connectivity index (χ0v) is 24.5. The number of alkyl halides is 2. The van der Waals surface area contributed by atoms with E-state index in [0.717, 1.165) is 6.33 Å². The average Bonchev–Trinajstić information content (AvgIpc) is 3.75. The third-order valence-electron chi connectivity index (χ3n) is 7.49. The number of rotatable bonds is 2. The van der Waals surface area contributed by atoms with E-state index in [2.05, 4.69) is 24.9 Å². The molecular formula is C22H25F2N9O10P2. The topological polar surface area (TPSA) is 256 Å². The molecule has 3 aliphatic heterocycles. The second kappa shape index (κ2) is 11.2. The van der Waals surface area contributed by atoms with Gasteiger partial charge in [-0.3, -0.25) is 22.7 Å². The molecule has 7 heterocycles. The number of ether oxygens (including phenoxy) is 3. The Bertz CT molecular complexity index is 1850. The summed E-state index contributed by atoms with van der Waals surface area (Å²) in [6, 6.07) is 1.50. The predicted molar refractivity (Wildman–Crippen MR) is 145 cm³/mol. The van der Waals surface area contributed by atoms with Gasteiger partial charge in [0.05, 0.1) is 31.6 Å². The number of nitrogens with zero attached hydrogens (tertiary/aromatic N) is 7. The quantitative estimate of drug-likeness (QED) is 0.216. The van der Waals surface area contributed by atoms with Crippen LogP contribution in [-0.4, -0.2) is 100 Å². The van der Waals surface area contributed by atoms with Gasteiger partial charge in [-0.1, -0.05) is 0 Å². The highest BCUT2D eigenvalue weighted by Gasteiger charge is 2.53. The maximum Gasteiger partial charge on any atom is 0.472 e. The number of pyridine rings is 1. The number of nitrogen functional groups attached to an aromatic ring is 2. The van der Waals surface area contributed by atoms with Crippen LogP contribution in [0.15, 0.2) is 31.2 Å². The summed E-state index contributed by atoms with van der Waals surface area (Å²) in [6.07, 6.45) is -9.84. The molecule has 7 rings (SSSR count). The summed E-state index contributed by atoms with van der Waals surface area (Å²) in [5, 5.41) is 0. The highest BCUT2D eigenvalue weighted by atomic mass is 31.2. The predicted octanol–water partition coefficient (Wildman–Crippen LogP) is 0.967. The summed E-state index contributed by atoms with van der Waals surface area (Å²) in [4.78, 5) is 41.4. The summed E-state index contributed by atoms with van der Waals surface area (Å²) in [5.74, 6) is 0.000185. The van der Waals surface area contributed by atoms with E-state index in [1.807, 2.05) is 0 Å². The third-order valence-corrected chi connectivity index (χ3v) is 9.50. The van der Waals surface area contributed by atoms with Crippen molar-refractivity contribution in [1.82, 2.24) is 34.1 Å². The van der Waals surface area contributed by atoms with Crippen LogP contribution in [0.3, 0.4) is 0 Å². The van der Waals surface area contributed by atoms with Gasteiger partial charge in [-0.2, -0.15) is 0 Å². The normalized spacial score (nSPS) is 38.0. The first-order valence-electron chi connectivity index (χ1n) is 13.3. The molecule has 0 aromatic carbocycles. The third kappa shape index (κ3) is 5.48. The van der Waals surface area contributed by atoms with Crippen LogP contribution in [0.1, 0.15) is 12.5 Å². The molecule has 23 heteroatoms. The van der Waals surface area contributed by atoms with Crippen molar-refractivity contribution in [2.24, 2.45) is 0 Å². The lowest BCUT2D eigenvalue weighted by atomic mass is 10.1. The summed E-state index contributed by atoms with van der Waals surface area (Å²) in [7, 11) is -9.79. The summed E-state index contributed by atoms with van der Waals surface area (Å²) >= 11 is 0. The minimum absolute atomic E-state index is 0.000185. The van der Waals surface area contributed by atoms with Crippen molar-refractivity contribution < 1.29 is 55.5 Å². The monoisotopic (exact) mass is 675 g/mol. The molecule has 242 valence electrons. The van der Waals surface area contributed by atoms with Crippen molar-refractivity contribution in [3.05, 3.63) is 31.2 Å². The van der Waals surface area contributed by atoms with Crippen molar-refractivity contribution >= 4 is 49.3 Å². The van der Waals surface area contributed by atoms with Crippen molar-refractivity contribution in [2.45, 2.75) is 49.2 Å². The van der Waals surface area contributed by atoms with E-state index in [1.165, 1.54) is 34.1 Å². The first-order chi connectivity index (χ1) is 21.4. The highest BCUT2D eigenvalue weighted by molar-refractivity contribution is 7.52. The molecule has 4 aromatic heterocycles. The minimum Gasteiger partial charge on any atom is -0.397 e. The molecule has 0 aliphatic carbocycles. The molecule has 3 aliphatic rings. The Kier molecular flexibility index (Phi) is 7.59. The van der Waals surface area contributed by atoms with Crippen LogP contribution in [0.4, 0.5) is 20.3 Å². The number of hydrogen-bond donors (Lipinski definition) is 4. The van der Waals surface area contributed by atoms with Gasteiger partial charge >= 0.3 is 15.4 Å². The number of phosphoric acid groups is 1. The van der Waals surface area contributed by atoms with Crippen LogP contribution in [0, 0.1) is 0 Å². The number of phosphoric ester groups is 1. The molecular weight excluding hydrogens is 650 g/mol. The zero-order valence-electron chi connectivity index (χ0n) is 22.7. The Morgan fingerprint density at radius 3 is 2.33 bits per heavy atom. The number of imidazole rings is 2. The molecule has 45 heavy (non-hydrogen) atoms. The fourth-order valence-corrected chi connectivity index (χ4v) is 7.11. The standard InChI is InChI=1S/C22H25F2N9O10P2/c23-12-10-3-39-44(34,35)8-38-16-11(42-21(13(16)24)32-6-30-14-9(25)1-2-27-19(14)32)4-40-45(36,37)43-17(12)22(41-10)33-7-31-15-18(26)28-5-29-20(15)33/h1-2,5-7,10-13,16-17,21-22H,3-4,8H2,(H2,25,27)(H,34,35)(H,36,37)(H2,26,28,29)/t10-,11-,12+,13?,16+,17?,21-,22-/m1/s1. The van der Waals surface area contributed by atoms with Crippen LogP contribution >= 0.6 is 15.4 Å². The molecule has 4 unspecified atom stereocenters. The average molecular weight is 675 g/mol. The van der Waals surface area contributed by atoms with E-state index in [4.69, 9.17) is 39.2 Å². The fraction of sp³-hybridized carbons (Fsp3) is 0.500. The molecule has 19 nitrogen and oxygen atoms in total. The Labute approximate surface area is 250 Å². The van der Waals surface area contributed by atoms with Crippen LogP contribution in [-0.2, 0) is 36.9 Å². The molecule has 6 N–H and O–H groups in total. The SMILES string of the molecule is Nc1ncnc2c1ncn2[C@@H]1O[C@@H]2COP(=O)(O)CO[C@@H]3C(F)[C@H](n4cnc5c(N)ccnc54)O[C@@H]3COP(=O)(O)OC1[C@H]2F. The van der Waals surface area contributed by atoms with E-state index < -0.39 is 84.2 Å². The van der Waals surface area contributed by atoms with Crippen molar-refractivity contribution in [1.29, 1.82) is 0 Å². The second-order valence-corrected chi connectivity index (χ2v) is 13.6. The second-order valence-electron chi connectivity index (χ2n) is 10.4. The Morgan fingerprint density at radius 1 is 0.844 bits per heavy atom. The number of halogens is 2. The van der Waals surface area contributed by atoms with Gasteiger partial charge in [-0.05, 0) is 6.07 Å². The summed E-state index contributed by atoms with van der Waals surface area (Å²) < 4.78 is 92.5. The summed E-state index contributed by atoms with van der Waals surface area (Å²) in [5.41, 5.74) is 12.7. The van der Waals surface area contributed by atoms with Gasteiger partial charge in [0, 0.05) is 6.20 Å². The van der Waals surface area contributed by atoms with Crippen molar-refractivity contribution in [3.63, 3.8) is 0 Å². The molecule has 10 atom stereocenters. The van der Waals surface area contributed by atoms with Gasteiger partial charge in [0.25, 0.3) is 0 Å². The Balaban J connectivity index is 1.19. The summed E-state index contributed by atoms with van der Waals surface area (Å²) in [6.45, 7) is -1.65. The van der Waals surface area contributed by atoms with E-state index in [-0.39, 0.29) is 33.8 Å². The van der Waals surface area contributed by atoms with Crippen LogP contribution in [0.5, 0.6) is 0 Å². The van der Waals surface area contributed by atoms with Gasteiger partial charge in [-0.15, -0.1) is 0 Å². The van der Waals surface area contributed by atoms with Crippen LogP contribution in [0.25, 0.3) is 22.3 Å². The number of fused-ring (bicyclic) bond motifs is 5. The van der Waals surface area contributed by atoms with E-state index >= 15 is 8.78 Å². The van der Waals surface area contributed by atoms with Gasteiger partial charge in [0.1, 0.15) is 48.1 Å². The van der Waals surface area contributed by atoms with Crippen molar-refractivity contribution in [3.8, 4) is 0 Å². The lowest BCUT2D eigenvalue weighted by molar-refractivity contribution is -0.0620. The van der Waals surface area contributed by atoms with Crippen molar-refractivity contribution in [2.75, 3.05) is 31.0 Å². The van der Waals surface area contributed by atoms with E-state index in [1.54, 1.807) is 0 Å². The Morgan fingerprint density at radius 2 is 1.53 bits per heavy atom. The first kappa shape index (κ1) is 30.4. The number of anilines is 2. The Hall–Kier alpha value is -3.23. The van der Waals surface area contributed by atoms with Gasteiger partial charge < -0.3 is 40.0 Å².